The molecule has 1 aromatic carbocycles. The molecule has 30 heavy (non-hydrogen) atoms. The third-order valence-corrected chi connectivity index (χ3v) is 6.04. The predicted octanol–water partition coefficient (Wildman–Crippen LogP) is 1.32. The van der Waals surface area contributed by atoms with Crippen molar-refractivity contribution in [1.82, 2.24) is 14.8 Å². The Morgan fingerprint density at radius 3 is 2.73 bits per heavy atom. The van der Waals surface area contributed by atoms with E-state index >= 15 is 0 Å². The van der Waals surface area contributed by atoms with Gasteiger partial charge in [-0.2, -0.15) is 0 Å². The predicted molar refractivity (Wildman–Crippen MR) is 114 cm³/mol. The lowest BCUT2D eigenvalue weighted by Gasteiger charge is -2.28. The summed E-state index contributed by atoms with van der Waals surface area (Å²) in [6.45, 7) is 2.46. The van der Waals surface area contributed by atoms with Crippen LogP contribution < -0.4 is 21.9 Å². The molecule has 2 aromatic rings. The molecule has 8 heteroatoms. The number of nitrogens with one attached hydrogen (secondary N) is 2. The highest BCUT2D eigenvalue weighted by Gasteiger charge is 2.31. The first-order chi connectivity index (χ1) is 14.5. The summed E-state index contributed by atoms with van der Waals surface area (Å²) in [4.78, 5) is 26.3. The number of hydrogen-bond donors (Lipinski definition) is 3. The van der Waals surface area contributed by atoms with Crippen LogP contribution in [-0.4, -0.2) is 53.6 Å². The van der Waals surface area contributed by atoms with Gasteiger partial charge in [0.15, 0.2) is 0 Å². The highest BCUT2D eigenvalue weighted by Crippen LogP contribution is 2.21. The number of carbonyl (C=O) groups is 1. The number of carbonyl (C=O) groups excluding carboxylic acids is 1. The standard InChI is InChI=1S/C22H28FN5O2/c23-18-10-17(28-9-2-1-6-22(28)30)7-8-20(18)26-21(29)14-27-12-15(19(24)13-27)11-25-16-4-3-5-16/h1-2,6-10,15-16,19,25H,3-5,11-14,24H2,(H,26,29)/t15-,19-/m0/s1. The van der Waals surface area contributed by atoms with E-state index in [-0.39, 0.29) is 29.7 Å². The topological polar surface area (TPSA) is 92.4 Å². The van der Waals surface area contributed by atoms with E-state index in [0.717, 1.165) is 13.1 Å². The van der Waals surface area contributed by atoms with Crippen molar-refractivity contribution in [3.63, 3.8) is 0 Å². The Hall–Kier alpha value is -2.55. The zero-order chi connectivity index (χ0) is 21.1. The van der Waals surface area contributed by atoms with Gasteiger partial charge in [0, 0.05) is 56.0 Å². The third-order valence-electron chi connectivity index (χ3n) is 6.04. The molecule has 1 amide bonds. The van der Waals surface area contributed by atoms with Gasteiger partial charge in [0.25, 0.3) is 5.56 Å². The molecule has 1 aliphatic heterocycles. The third kappa shape index (κ3) is 4.77. The number of hydrogen-bond acceptors (Lipinski definition) is 5. The number of nitrogens with two attached hydrogens (primary N) is 1. The van der Waals surface area contributed by atoms with E-state index in [9.17, 15) is 14.0 Å². The van der Waals surface area contributed by atoms with Gasteiger partial charge in [0.1, 0.15) is 5.82 Å². The average Bonchev–Trinajstić information content (AvgIpc) is 3.01. The summed E-state index contributed by atoms with van der Waals surface area (Å²) >= 11 is 0. The van der Waals surface area contributed by atoms with Gasteiger partial charge in [-0.1, -0.05) is 12.5 Å². The zero-order valence-electron chi connectivity index (χ0n) is 16.9. The Kier molecular flexibility index (Phi) is 6.26. The minimum Gasteiger partial charge on any atom is -0.326 e. The van der Waals surface area contributed by atoms with Gasteiger partial charge < -0.3 is 16.4 Å². The lowest BCUT2D eigenvalue weighted by Crippen LogP contribution is -2.42. The Balaban J connectivity index is 1.31. The highest BCUT2D eigenvalue weighted by molar-refractivity contribution is 5.92. The number of rotatable bonds is 7. The molecular formula is C22H28FN5O2. The molecule has 7 nitrogen and oxygen atoms in total. The first kappa shape index (κ1) is 20.7. The highest BCUT2D eigenvalue weighted by atomic mass is 19.1. The summed E-state index contributed by atoms with van der Waals surface area (Å²) < 4.78 is 15.9. The fraction of sp³-hybridized carbons (Fsp3) is 0.455. The Morgan fingerprint density at radius 2 is 2.03 bits per heavy atom. The van der Waals surface area contributed by atoms with Gasteiger partial charge >= 0.3 is 0 Å². The Labute approximate surface area is 175 Å². The van der Waals surface area contributed by atoms with Gasteiger partial charge in [-0.15, -0.1) is 0 Å². The first-order valence-electron chi connectivity index (χ1n) is 10.5. The normalized spacial score (nSPS) is 22.1. The monoisotopic (exact) mass is 413 g/mol. The summed E-state index contributed by atoms with van der Waals surface area (Å²) in [5, 5.41) is 6.18. The minimum atomic E-state index is -0.586. The van der Waals surface area contributed by atoms with Crippen molar-refractivity contribution in [3.05, 3.63) is 58.8 Å². The molecule has 4 rings (SSSR count). The van der Waals surface area contributed by atoms with Crippen LogP contribution in [0.4, 0.5) is 10.1 Å². The molecule has 1 aliphatic carbocycles. The lowest BCUT2D eigenvalue weighted by atomic mass is 9.92. The van der Waals surface area contributed by atoms with Crippen LogP contribution in [0.15, 0.2) is 47.4 Å². The molecule has 4 N–H and O–H groups in total. The summed E-state index contributed by atoms with van der Waals surface area (Å²) in [6, 6.07) is 9.70. The molecule has 160 valence electrons. The van der Waals surface area contributed by atoms with Crippen LogP contribution >= 0.6 is 0 Å². The van der Waals surface area contributed by atoms with Crippen molar-refractivity contribution in [2.75, 3.05) is 31.5 Å². The molecule has 0 bridgehead atoms. The summed E-state index contributed by atoms with van der Waals surface area (Å²) in [5.41, 5.74) is 6.50. The first-order valence-corrected chi connectivity index (χ1v) is 10.5. The van der Waals surface area contributed by atoms with Crippen molar-refractivity contribution in [1.29, 1.82) is 0 Å². The molecule has 0 radical (unpaired) electrons. The molecule has 1 aromatic heterocycles. The van der Waals surface area contributed by atoms with Gasteiger partial charge in [0.05, 0.1) is 17.9 Å². The maximum atomic E-state index is 14.5. The second-order valence-corrected chi connectivity index (χ2v) is 8.28. The van der Waals surface area contributed by atoms with Crippen molar-refractivity contribution in [2.45, 2.75) is 31.3 Å². The minimum absolute atomic E-state index is 0.0329. The second-order valence-electron chi connectivity index (χ2n) is 8.28. The van der Waals surface area contributed by atoms with Crippen molar-refractivity contribution in [3.8, 4) is 5.69 Å². The van der Waals surface area contributed by atoms with Crippen LogP contribution in [0.1, 0.15) is 19.3 Å². The van der Waals surface area contributed by atoms with Crippen molar-refractivity contribution in [2.24, 2.45) is 11.7 Å². The fourth-order valence-corrected chi connectivity index (χ4v) is 4.05. The van der Waals surface area contributed by atoms with Crippen LogP contribution in [0.2, 0.25) is 0 Å². The molecule has 2 heterocycles. The molecule has 1 saturated carbocycles. The van der Waals surface area contributed by atoms with E-state index in [1.165, 1.54) is 42.0 Å². The molecular weight excluding hydrogens is 385 g/mol. The maximum Gasteiger partial charge on any atom is 0.255 e. The van der Waals surface area contributed by atoms with Gasteiger partial charge in [-0.25, -0.2) is 4.39 Å². The molecule has 2 fully saturated rings. The number of amides is 1. The smallest absolute Gasteiger partial charge is 0.255 e. The fourth-order valence-electron chi connectivity index (χ4n) is 4.05. The second kappa shape index (κ2) is 9.07. The number of anilines is 1. The number of likely N-dealkylation sites (tertiary alicyclic amines) is 1. The molecule has 0 unspecified atom stereocenters. The van der Waals surface area contributed by atoms with E-state index in [4.69, 9.17) is 5.73 Å². The van der Waals surface area contributed by atoms with Crippen LogP contribution in [-0.2, 0) is 4.79 Å². The van der Waals surface area contributed by atoms with Gasteiger partial charge in [0.2, 0.25) is 5.91 Å². The van der Waals surface area contributed by atoms with Crippen LogP contribution in [0, 0.1) is 11.7 Å². The zero-order valence-corrected chi connectivity index (χ0v) is 16.9. The Morgan fingerprint density at radius 1 is 1.20 bits per heavy atom. The number of benzene rings is 1. The molecule has 2 aliphatic rings. The molecule has 1 saturated heterocycles. The maximum absolute atomic E-state index is 14.5. The summed E-state index contributed by atoms with van der Waals surface area (Å²) in [7, 11) is 0. The number of halogens is 1. The van der Waals surface area contributed by atoms with E-state index in [1.807, 2.05) is 4.90 Å². The number of pyridine rings is 1. The van der Waals surface area contributed by atoms with Crippen LogP contribution in [0.3, 0.4) is 0 Å². The average molecular weight is 413 g/mol. The SMILES string of the molecule is N[C@H]1CN(CC(=O)Nc2ccc(-n3ccccc3=O)cc2F)C[C@@H]1CNC1CCC1. The summed E-state index contributed by atoms with van der Waals surface area (Å²) in [5.74, 6) is -0.547. The van der Waals surface area contributed by atoms with Crippen LogP contribution in [0.25, 0.3) is 5.69 Å². The van der Waals surface area contributed by atoms with Crippen molar-refractivity contribution < 1.29 is 9.18 Å². The van der Waals surface area contributed by atoms with Crippen LogP contribution in [0.5, 0.6) is 0 Å². The largest absolute Gasteiger partial charge is 0.326 e. The molecule has 2 atom stereocenters. The lowest BCUT2D eigenvalue weighted by molar-refractivity contribution is -0.117. The Bertz CT molecular complexity index is 959. The number of nitrogens with zero attached hydrogens (tertiary/aromatic N) is 2. The quantitative estimate of drug-likeness (QED) is 0.637. The molecule has 0 spiro atoms. The van der Waals surface area contributed by atoms with E-state index in [1.54, 1.807) is 24.4 Å². The van der Waals surface area contributed by atoms with E-state index in [2.05, 4.69) is 10.6 Å². The van der Waals surface area contributed by atoms with E-state index < -0.39 is 5.82 Å². The summed E-state index contributed by atoms with van der Waals surface area (Å²) in [6.07, 6.45) is 5.33. The number of aromatic nitrogens is 1. The van der Waals surface area contributed by atoms with Gasteiger partial charge in [-0.3, -0.25) is 19.1 Å². The van der Waals surface area contributed by atoms with E-state index in [0.29, 0.717) is 24.2 Å². The van der Waals surface area contributed by atoms with Crippen molar-refractivity contribution >= 4 is 11.6 Å². The van der Waals surface area contributed by atoms with Gasteiger partial charge in [-0.05, 0) is 31.0 Å².